The quantitative estimate of drug-likeness (QED) is 0.817. The number of carbonyl (C=O) groups excluding carboxylic acids is 2. The van der Waals surface area contributed by atoms with Gasteiger partial charge >= 0.3 is 6.03 Å². The highest BCUT2D eigenvalue weighted by atomic mass is 19.3. The van der Waals surface area contributed by atoms with E-state index in [1.165, 1.54) is 0 Å². The van der Waals surface area contributed by atoms with Crippen LogP contribution >= 0.6 is 0 Å². The molecule has 0 aromatic rings. The highest BCUT2D eigenvalue weighted by molar-refractivity contribution is 5.87. The Kier molecular flexibility index (Phi) is 7.55. The van der Waals surface area contributed by atoms with Crippen LogP contribution in [0.2, 0.25) is 0 Å². The number of halogens is 2. The highest BCUT2D eigenvalue weighted by Gasteiger charge is 2.29. The number of rotatable bonds is 6. The zero-order valence-corrected chi connectivity index (χ0v) is 13.6. The minimum atomic E-state index is -2.58. The molecule has 22 heavy (non-hydrogen) atoms. The van der Waals surface area contributed by atoms with Gasteiger partial charge in [-0.2, -0.15) is 0 Å². The van der Waals surface area contributed by atoms with E-state index in [-0.39, 0.29) is 18.5 Å². The Morgan fingerprint density at radius 2 is 2.05 bits per heavy atom. The second-order valence-corrected chi connectivity index (χ2v) is 5.88. The number of hydrogen-bond acceptors (Lipinski definition) is 2. The van der Waals surface area contributed by atoms with E-state index in [0.29, 0.717) is 13.0 Å². The third kappa shape index (κ3) is 5.42. The topological polar surface area (TPSA) is 52.7 Å². The molecule has 0 unspecified atom stereocenters. The van der Waals surface area contributed by atoms with Crippen molar-refractivity contribution in [2.75, 3.05) is 19.6 Å². The van der Waals surface area contributed by atoms with Crippen LogP contribution in [0.1, 0.15) is 46.5 Å². The van der Waals surface area contributed by atoms with Gasteiger partial charge in [0.05, 0.1) is 6.54 Å². The Balaban J connectivity index is 2.58. The van der Waals surface area contributed by atoms with Crippen molar-refractivity contribution < 1.29 is 18.4 Å². The van der Waals surface area contributed by atoms with Gasteiger partial charge < -0.3 is 15.1 Å². The van der Waals surface area contributed by atoms with Crippen LogP contribution in [0.4, 0.5) is 13.6 Å². The lowest BCUT2D eigenvalue weighted by Gasteiger charge is -2.35. The fraction of sp³-hybridized carbons (Fsp3) is 0.867. The lowest BCUT2D eigenvalue weighted by atomic mass is 10.0. The minimum Gasteiger partial charge on any atom is -0.338 e. The maximum absolute atomic E-state index is 12.5. The number of hydrogen-bond donors (Lipinski definition) is 1. The first-order valence-electron chi connectivity index (χ1n) is 8.00. The lowest BCUT2D eigenvalue weighted by Crippen LogP contribution is -2.54. The summed E-state index contributed by atoms with van der Waals surface area (Å²) in [6, 6.07) is -1.15. The average Bonchev–Trinajstić information content (AvgIpc) is 2.46. The zero-order chi connectivity index (χ0) is 16.7. The molecule has 7 heteroatoms. The third-order valence-electron chi connectivity index (χ3n) is 3.94. The molecule has 1 aliphatic heterocycles. The summed E-state index contributed by atoms with van der Waals surface area (Å²) >= 11 is 0. The maximum atomic E-state index is 12.5. The molecule has 0 bridgehead atoms. The molecular formula is C15H27F2N3O2. The molecule has 1 saturated heterocycles. The van der Waals surface area contributed by atoms with E-state index in [1.54, 1.807) is 11.8 Å². The van der Waals surface area contributed by atoms with E-state index < -0.39 is 25.0 Å². The fourth-order valence-electron chi connectivity index (χ4n) is 2.72. The molecule has 0 spiro atoms. The number of carbonyl (C=O) groups is 2. The molecule has 0 aromatic heterocycles. The molecule has 0 aromatic carbocycles. The molecule has 5 nitrogen and oxygen atoms in total. The summed E-state index contributed by atoms with van der Waals surface area (Å²) in [4.78, 5) is 27.3. The number of likely N-dealkylation sites (tertiary alicyclic amines) is 1. The predicted molar refractivity (Wildman–Crippen MR) is 80.9 cm³/mol. The molecule has 2 atom stereocenters. The van der Waals surface area contributed by atoms with Crippen LogP contribution in [0, 0.1) is 0 Å². The van der Waals surface area contributed by atoms with Crippen molar-refractivity contribution in [1.82, 2.24) is 15.1 Å². The summed E-state index contributed by atoms with van der Waals surface area (Å²) in [5.74, 6) is -0.144. The molecule has 1 fully saturated rings. The molecular weight excluding hydrogens is 292 g/mol. The molecule has 1 heterocycles. The van der Waals surface area contributed by atoms with Gasteiger partial charge in [-0.25, -0.2) is 13.6 Å². The highest BCUT2D eigenvalue weighted by Crippen LogP contribution is 2.17. The number of nitrogens with one attached hydrogen (secondary N) is 1. The summed E-state index contributed by atoms with van der Waals surface area (Å²) < 4.78 is 25.0. The van der Waals surface area contributed by atoms with E-state index in [9.17, 15) is 18.4 Å². The Labute approximate surface area is 131 Å². The third-order valence-corrected chi connectivity index (χ3v) is 3.94. The SMILES string of the molecule is CCCN(CC(F)F)C(=O)N[C@@H](C)C(=O)N1CCCC[C@H]1C. The lowest BCUT2D eigenvalue weighted by molar-refractivity contribution is -0.136. The van der Waals surface area contributed by atoms with Crippen LogP contribution < -0.4 is 5.32 Å². The van der Waals surface area contributed by atoms with Gasteiger partial charge in [-0.05, 0) is 39.5 Å². The van der Waals surface area contributed by atoms with Gasteiger partial charge in [0.1, 0.15) is 6.04 Å². The Bertz CT molecular complexity index is 380. The molecule has 1 N–H and O–H groups in total. The number of piperidine rings is 1. The van der Waals surface area contributed by atoms with E-state index >= 15 is 0 Å². The van der Waals surface area contributed by atoms with Gasteiger partial charge in [-0.1, -0.05) is 6.92 Å². The average molecular weight is 319 g/mol. The van der Waals surface area contributed by atoms with Crippen molar-refractivity contribution in [3.8, 4) is 0 Å². The van der Waals surface area contributed by atoms with Gasteiger partial charge in [0.25, 0.3) is 6.43 Å². The van der Waals surface area contributed by atoms with Crippen molar-refractivity contribution in [2.45, 2.75) is 65.0 Å². The van der Waals surface area contributed by atoms with Gasteiger partial charge in [0.2, 0.25) is 5.91 Å². The van der Waals surface area contributed by atoms with Crippen molar-refractivity contribution in [3.05, 3.63) is 0 Å². The molecule has 0 saturated carbocycles. The Hall–Kier alpha value is -1.40. The summed E-state index contributed by atoms with van der Waals surface area (Å²) in [6.07, 6.45) is 1.03. The second-order valence-electron chi connectivity index (χ2n) is 5.88. The first-order chi connectivity index (χ1) is 10.4. The van der Waals surface area contributed by atoms with Gasteiger partial charge in [0, 0.05) is 19.1 Å². The Morgan fingerprint density at radius 1 is 1.36 bits per heavy atom. The van der Waals surface area contributed by atoms with Crippen LogP contribution in [0.5, 0.6) is 0 Å². The normalized spacial score (nSPS) is 19.9. The molecule has 128 valence electrons. The van der Waals surface area contributed by atoms with E-state index in [2.05, 4.69) is 5.32 Å². The van der Waals surface area contributed by atoms with E-state index in [4.69, 9.17) is 0 Å². The van der Waals surface area contributed by atoms with Crippen molar-refractivity contribution in [3.63, 3.8) is 0 Å². The summed E-state index contributed by atoms with van der Waals surface area (Å²) in [7, 11) is 0. The minimum absolute atomic E-state index is 0.144. The molecule has 1 rings (SSSR count). The second kappa shape index (κ2) is 8.90. The van der Waals surface area contributed by atoms with Crippen molar-refractivity contribution >= 4 is 11.9 Å². The van der Waals surface area contributed by atoms with Crippen LogP contribution in [0.25, 0.3) is 0 Å². The van der Waals surface area contributed by atoms with Crippen molar-refractivity contribution in [1.29, 1.82) is 0 Å². The van der Waals surface area contributed by atoms with Crippen LogP contribution in [-0.4, -0.2) is 59.9 Å². The van der Waals surface area contributed by atoms with Crippen LogP contribution in [0.3, 0.4) is 0 Å². The largest absolute Gasteiger partial charge is 0.338 e. The summed E-state index contributed by atoms with van der Waals surface area (Å²) in [5.41, 5.74) is 0. The summed E-state index contributed by atoms with van der Waals surface area (Å²) in [5, 5.41) is 2.55. The molecule has 0 aliphatic carbocycles. The van der Waals surface area contributed by atoms with Crippen LogP contribution in [-0.2, 0) is 4.79 Å². The maximum Gasteiger partial charge on any atom is 0.318 e. The number of nitrogens with zero attached hydrogens (tertiary/aromatic N) is 2. The Morgan fingerprint density at radius 3 is 2.59 bits per heavy atom. The molecule has 1 aliphatic rings. The molecule has 0 radical (unpaired) electrons. The fourth-order valence-corrected chi connectivity index (χ4v) is 2.72. The number of alkyl halides is 2. The van der Waals surface area contributed by atoms with Crippen molar-refractivity contribution in [2.24, 2.45) is 0 Å². The smallest absolute Gasteiger partial charge is 0.318 e. The number of amides is 3. The molecule has 3 amide bonds. The van der Waals surface area contributed by atoms with E-state index in [0.717, 1.165) is 24.2 Å². The van der Waals surface area contributed by atoms with Gasteiger partial charge in [-0.3, -0.25) is 4.79 Å². The van der Waals surface area contributed by atoms with E-state index in [1.807, 2.05) is 13.8 Å². The van der Waals surface area contributed by atoms with Crippen LogP contribution in [0.15, 0.2) is 0 Å². The van der Waals surface area contributed by atoms with Gasteiger partial charge in [-0.15, -0.1) is 0 Å². The summed E-state index contributed by atoms with van der Waals surface area (Å²) in [6.45, 7) is 5.74. The first-order valence-corrected chi connectivity index (χ1v) is 8.00. The first kappa shape index (κ1) is 18.6. The monoisotopic (exact) mass is 319 g/mol. The standard InChI is InChI=1S/C15H27F2N3O2/c1-4-8-19(10-13(16)17)15(22)18-12(3)14(21)20-9-6-5-7-11(20)2/h11-13H,4-10H2,1-3H3,(H,18,22)/t11-,12+/m1/s1. The predicted octanol–water partition coefficient (Wildman–Crippen LogP) is 2.46. The van der Waals surface area contributed by atoms with Gasteiger partial charge in [0.15, 0.2) is 0 Å². The zero-order valence-electron chi connectivity index (χ0n) is 13.6. The number of urea groups is 1.